The van der Waals surface area contributed by atoms with Crippen molar-refractivity contribution in [3.8, 4) is 0 Å². The zero-order valence-electron chi connectivity index (χ0n) is 12.2. The number of carbonyl (C=O) groups is 2. The lowest BCUT2D eigenvalue weighted by Gasteiger charge is -2.09. The highest BCUT2D eigenvalue weighted by Gasteiger charge is 2.20. The fraction of sp³-hybridized carbons (Fsp3) is 0.571. The predicted octanol–water partition coefficient (Wildman–Crippen LogP) is 2.61. The van der Waals surface area contributed by atoms with E-state index in [9.17, 15) is 14.7 Å². The zero-order valence-corrected chi connectivity index (χ0v) is 13.0. The molecule has 2 rings (SSSR count). The van der Waals surface area contributed by atoms with Crippen LogP contribution in [0.15, 0.2) is 0 Å². The van der Waals surface area contributed by atoms with Crippen LogP contribution in [0.4, 0.5) is 9.80 Å². The van der Waals surface area contributed by atoms with Gasteiger partial charge < -0.3 is 15.2 Å². The number of nitrogens with one attached hydrogen (secondary N) is 2. The second-order valence-electron chi connectivity index (χ2n) is 5.19. The van der Waals surface area contributed by atoms with E-state index in [1.54, 1.807) is 6.92 Å². The van der Waals surface area contributed by atoms with Crippen LogP contribution in [-0.2, 0) is 4.74 Å². The molecular weight excluding hydrogens is 292 g/mol. The molecule has 2 heterocycles. The molecule has 0 radical (unpaired) electrons. The van der Waals surface area contributed by atoms with Gasteiger partial charge >= 0.3 is 12.0 Å². The van der Waals surface area contributed by atoms with Crippen LogP contribution in [0.25, 0.3) is 0 Å². The second-order valence-corrected chi connectivity index (χ2v) is 6.42. The van der Waals surface area contributed by atoms with E-state index in [0.717, 1.165) is 30.9 Å². The summed E-state index contributed by atoms with van der Waals surface area (Å²) in [5.74, 6) is -0.513. The van der Waals surface area contributed by atoms with Crippen molar-refractivity contribution in [3.63, 3.8) is 0 Å². The first-order valence-corrected chi connectivity index (χ1v) is 7.76. The Morgan fingerprint density at radius 3 is 2.81 bits per heavy atom. The molecule has 6 nitrogen and oxygen atoms in total. The number of thiophene rings is 1. The third kappa shape index (κ3) is 3.95. The lowest BCUT2D eigenvalue weighted by atomic mass is 10.1. The van der Waals surface area contributed by atoms with Gasteiger partial charge in [-0.1, -0.05) is 0 Å². The van der Waals surface area contributed by atoms with Gasteiger partial charge in [-0.15, -0.1) is 11.3 Å². The number of anilines is 1. The molecule has 1 atom stereocenters. The Balaban J connectivity index is 1.87. The van der Waals surface area contributed by atoms with Crippen LogP contribution in [0.3, 0.4) is 0 Å². The number of hydrogen-bond acceptors (Lipinski definition) is 4. The Kier molecular flexibility index (Phi) is 5.19. The first-order chi connectivity index (χ1) is 9.99. The van der Waals surface area contributed by atoms with Crippen LogP contribution in [-0.4, -0.2) is 36.9 Å². The van der Waals surface area contributed by atoms with Crippen LogP contribution < -0.4 is 10.6 Å². The average Bonchev–Trinajstić information content (AvgIpc) is 2.99. The van der Waals surface area contributed by atoms with E-state index in [2.05, 4.69) is 10.6 Å². The van der Waals surface area contributed by atoms with E-state index in [0.29, 0.717) is 23.0 Å². The molecule has 1 aliphatic heterocycles. The van der Waals surface area contributed by atoms with Crippen molar-refractivity contribution in [3.05, 3.63) is 16.0 Å². The quantitative estimate of drug-likeness (QED) is 0.780. The highest BCUT2D eigenvalue weighted by atomic mass is 32.1. The highest BCUT2D eigenvalue weighted by Crippen LogP contribution is 2.32. The van der Waals surface area contributed by atoms with Gasteiger partial charge in [0.2, 0.25) is 0 Å². The van der Waals surface area contributed by atoms with Crippen molar-refractivity contribution >= 4 is 28.3 Å². The molecule has 1 aliphatic rings. The first-order valence-electron chi connectivity index (χ1n) is 6.95. The Morgan fingerprint density at radius 2 is 2.19 bits per heavy atom. The molecule has 0 aliphatic carbocycles. The molecule has 0 spiro atoms. The van der Waals surface area contributed by atoms with Gasteiger partial charge in [0.15, 0.2) is 0 Å². The van der Waals surface area contributed by atoms with Gasteiger partial charge in [0, 0.05) is 24.6 Å². The molecule has 2 amide bonds. The fourth-order valence-electron chi connectivity index (χ4n) is 2.32. The Labute approximate surface area is 127 Å². The number of carboxylic acid groups (broad SMARTS) is 1. The monoisotopic (exact) mass is 312 g/mol. The van der Waals surface area contributed by atoms with Crippen LogP contribution in [0, 0.1) is 19.8 Å². The van der Waals surface area contributed by atoms with E-state index in [-0.39, 0.29) is 11.6 Å². The van der Waals surface area contributed by atoms with Crippen molar-refractivity contribution in [1.29, 1.82) is 0 Å². The molecule has 3 N–H and O–H groups in total. The third-order valence-corrected chi connectivity index (χ3v) is 4.81. The normalized spacial score (nSPS) is 17.7. The van der Waals surface area contributed by atoms with E-state index >= 15 is 0 Å². The molecule has 1 aromatic rings. The number of rotatable bonds is 5. The minimum Gasteiger partial charge on any atom is -0.478 e. The van der Waals surface area contributed by atoms with Gasteiger partial charge in [0.05, 0.1) is 5.56 Å². The minimum atomic E-state index is -1.02. The number of hydrogen-bond donors (Lipinski definition) is 3. The van der Waals surface area contributed by atoms with Crippen molar-refractivity contribution < 1.29 is 19.4 Å². The highest BCUT2D eigenvalue weighted by molar-refractivity contribution is 7.16. The standard InChI is InChI=1S/C14H20N2O4S/c1-8-9(2)21-12(11(8)13(17)18)16-14(19)15-5-3-10-4-6-20-7-10/h10H,3-7H2,1-2H3,(H,17,18)(H2,15,16,19). The number of ether oxygens (including phenoxy) is 1. The molecule has 1 aromatic heterocycles. The summed E-state index contributed by atoms with van der Waals surface area (Å²) in [5.41, 5.74) is 0.878. The largest absolute Gasteiger partial charge is 0.478 e. The van der Waals surface area contributed by atoms with Gasteiger partial charge in [0.1, 0.15) is 5.00 Å². The molecule has 7 heteroatoms. The maximum absolute atomic E-state index is 11.8. The summed E-state index contributed by atoms with van der Waals surface area (Å²) in [5, 5.41) is 15.0. The van der Waals surface area contributed by atoms with Gasteiger partial charge in [-0.05, 0) is 38.2 Å². The summed E-state index contributed by atoms with van der Waals surface area (Å²) in [6.45, 7) is 5.71. The summed E-state index contributed by atoms with van der Waals surface area (Å²) >= 11 is 1.28. The minimum absolute atomic E-state index is 0.178. The van der Waals surface area contributed by atoms with Crippen LogP contribution in [0.2, 0.25) is 0 Å². The fourth-order valence-corrected chi connectivity index (χ4v) is 3.37. The Hall–Kier alpha value is -1.60. The summed E-state index contributed by atoms with van der Waals surface area (Å²) in [7, 11) is 0. The zero-order chi connectivity index (χ0) is 15.4. The van der Waals surface area contributed by atoms with E-state index < -0.39 is 5.97 Å². The van der Waals surface area contributed by atoms with Crippen molar-refractivity contribution in [2.75, 3.05) is 25.1 Å². The Bertz CT molecular complexity index is 535. The average molecular weight is 312 g/mol. The number of carboxylic acids is 1. The number of amides is 2. The summed E-state index contributed by atoms with van der Waals surface area (Å²) in [6.07, 6.45) is 1.91. The molecule has 116 valence electrons. The smallest absolute Gasteiger partial charge is 0.338 e. The number of aromatic carboxylic acids is 1. The topological polar surface area (TPSA) is 87.7 Å². The Morgan fingerprint density at radius 1 is 1.43 bits per heavy atom. The lowest BCUT2D eigenvalue weighted by Crippen LogP contribution is -2.30. The number of carbonyl (C=O) groups excluding carboxylic acids is 1. The first kappa shape index (κ1) is 15.8. The van der Waals surface area contributed by atoms with E-state index in [4.69, 9.17) is 4.74 Å². The summed E-state index contributed by atoms with van der Waals surface area (Å²) in [6, 6.07) is -0.363. The van der Waals surface area contributed by atoms with Crippen molar-refractivity contribution in [2.45, 2.75) is 26.7 Å². The molecule has 21 heavy (non-hydrogen) atoms. The molecule has 1 saturated heterocycles. The summed E-state index contributed by atoms with van der Waals surface area (Å²) in [4.78, 5) is 24.0. The molecule has 1 fully saturated rings. The third-order valence-electron chi connectivity index (χ3n) is 3.69. The lowest BCUT2D eigenvalue weighted by molar-refractivity contribution is 0.0697. The predicted molar refractivity (Wildman–Crippen MR) is 81.3 cm³/mol. The van der Waals surface area contributed by atoms with Crippen LogP contribution in [0.5, 0.6) is 0 Å². The van der Waals surface area contributed by atoms with E-state index in [1.165, 1.54) is 11.3 Å². The number of aryl methyl sites for hydroxylation is 1. The summed E-state index contributed by atoms with van der Waals surface area (Å²) < 4.78 is 5.28. The maximum atomic E-state index is 11.8. The van der Waals surface area contributed by atoms with Gasteiger partial charge in [-0.3, -0.25) is 5.32 Å². The van der Waals surface area contributed by atoms with Gasteiger partial charge in [-0.25, -0.2) is 9.59 Å². The molecule has 1 unspecified atom stereocenters. The molecular formula is C14H20N2O4S. The second kappa shape index (κ2) is 6.91. The van der Waals surface area contributed by atoms with Crippen LogP contribution in [0.1, 0.15) is 33.6 Å². The van der Waals surface area contributed by atoms with E-state index in [1.807, 2.05) is 6.92 Å². The number of urea groups is 1. The van der Waals surface area contributed by atoms with Gasteiger partial charge in [-0.2, -0.15) is 0 Å². The van der Waals surface area contributed by atoms with Crippen molar-refractivity contribution in [1.82, 2.24) is 5.32 Å². The maximum Gasteiger partial charge on any atom is 0.338 e. The molecule has 0 saturated carbocycles. The van der Waals surface area contributed by atoms with Crippen molar-refractivity contribution in [2.24, 2.45) is 5.92 Å². The molecule has 0 bridgehead atoms. The van der Waals surface area contributed by atoms with Gasteiger partial charge in [0.25, 0.3) is 0 Å². The van der Waals surface area contributed by atoms with Crippen LogP contribution >= 0.6 is 11.3 Å². The SMILES string of the molecule is Cc1sc(NC(=O)NCCC2CCOC2)c(C(=O)O)c1C. The molecule has 0 aromatic carbocycles.